The molecule has 5 rings (SSSR count). The molecular formula is C26H26FN3O2. The van der Waals surface area contributed by atoms with Gasteiger partial charge in [0.25, 0.3) is 5.91 Å². The highest BCUT2D eigenvalue weighted by Crippen LogP contribution is 2.42. The Hall–Kier alpha value is -3.41. The zero-order valence-corrected chi connectivity index (χ0v) is 18.3. The van der Waals surface area contributed by atoms with Gasteiger partial charge in [-0.25, -0.2) is 9.37 Å². The number of ether oxygens (including phenoxy) is 1. The molecule has 1 aromatic heterocycles. The largest absolute Gasteiger partial charge is 0.495 e. The van der Waals surface area contributed by atoms with Gasteiger partial charge >= 0.3 is 0 Å². The number of benzene rings is 2. The average Bonchev–Trinajstić information content (AvgIpc) is 3.43. The van der Waals surface area contributed by atoms with Crippen LogP contribution in [-0.4, -0.2) is 33.5 Å². The maximum Gasteiger partial charge on any atom is 0.250 e. The van der Waals surface area contributed by atoms with Gasteiger partial charge in [0, 0.05) is 17.8 Å². The van der Waals surface area contributed by atoms with Gasteiger partial charge in [-0.3, -0.25) is 4.79 Å². The minimum Gasteiger partial charge on any atom is -0.495 e. The molecule has 2 aliphatic rings. The second-order valence-corrected chi connectivity index (χ2v) is 8.57. The van der Waals surface area contributed by atoms with Gasteiger partial charge in [-0.05, 0) is 74.1 Å². The molecule has 3 heterocycles. The van der Waals surface area contributed by atoms with Gasteiger partial charge in [0.2, 0.25) is 0 Å². The molecule has 5 nitrogen and oxygen atoms in total. The van der Waals surface area contributed by atoms with Gasteiger partial charge in [-0.15, -0.1) is 0 Å². The third kappa shape index (κ3) is 3.70. The van der Waals surface area contributed by atoms with E-state index in [0.29, 0.717) is 0 Å². The molecule has 0 bridgehead atoms. The van der Waals surface area contributed by atoms with Crippen LogP contribution in [0.4, 0.5) is 4.39 Å². The Bertz CT molecular complexity index is 1180. The van der Waals surface area contributed by atoms with E-state index in [9.17, 15) is 9.18 Å². The van der Waals surface area contributed by atoms with E-state index in [4.69, 9.17) is 4.74 Å². The molecule has 0 radical (unpaired) electrons. The molecule has 0 unspecified atom stereocenters. The van der Waals surface area contributed by atoms with Crippen LogP contribution in [0.2, 0.25) is 0 Å². The van der Waals surface area contributed by atoms with Crippen LogP contribution in [0.3, 0.4) is 0 Å². The highest BCUT2D eigenvalue weighted by molar-refractivity contribution is 5.99. The van der Waals surface area contributed by atoms with E-state index in [1.807, 2.05) is 46.9 Å². The predicted octanol–water partition coefficient (Wildman–Crippen LogP) is 5.24. The van der Waals surface area contributed by atoms with Crippen LogP contribution in [0.1, 0.15) is 48.5 Å². The first kappa shape index (κ1) is 20.5. The summed E-state index contributed by atoms with van der Waals surface area (Å²) in [6.07, 6.45) is 9.32. The van der Waals surface area contributed by atoms with E-state index in [0.717, 1.165) is 59.5 Å². The number of rotatable bonds is 4. The first-order valence-corrected chi connectivity index (χ1v) is 11.0. The number of aromatic nitrogens is 2. The van der Waals surface area contributed by atoms with E-state index >= 15 is 0 Å². The first-order chi connectivity index (χ1) is 15.5. The van der Waals surface area contributed by atoms with Gasteiger partial charge in [-0.1, -0.05) is 18.2 Å². The van der Waals surface area contributed by atoms with Crippen molar-refractivity contribution in [1.29, 1.82) is 0 Å². The van der Waals surface area contributed by atoms with Crippen LogP contribution in [0, 0.1) is 12.7 Å². The second kappa shape index (κ2) is 8.26. The predicted molar refractivity (Wildman–Crippen MR) is 121 cm³/mol. The lowest BCUT2D eigenvalue weighted by atomic mass is 9.95. The Balaban J connectivity index is 1.43. The molecule has 2 atom stereocenters. The summed E-state index contributed by atoms with van der Waals surface area (Å²) in [4.78, 5) is 19.8. The minimum absolute atomic E-state index is 0.0122. The molecule has 3 aromatic rings. The molecule has 6 heteroatoms. The maximum absolute atomic E-state index is 13.4. The molecule has 1 amide bonds. The summed E-state index contributed by atoms with van der Waals surface area (Å²) in [7, 11) is 1.65. The van der Waals surface area contributed by atoms with Gasteiger partial charge in [0.05, 0.1) is 30.9 Å². The van der Waals surface area contributed by atoms with Crippen molar-refractivity contribution in [2.24, 2.45) is 0 Å². The number of imidazole rings is 1. The van der Waals surface area contributed by atoms with Crippen molar-refractivity contribution < 1.29 is 13.9 Å². The average molecular weight is 432 g/mol. The monoisotopic (exact) mass is 431 g/mol. The lowest BCUT2D eigenvalue weighted by Crippen LogP contribution is -2.41. The number of aryl methyl sites for hydroxylation is 1. The number of amides is 1. The second-order valence-electron chi connectivity index (χ2n) is 8.57. The fraction of sp³-hybridized carbons (Fsp3) is 0.308. The normalized spacial score (nSPS) is 21.8. The summed E-state index contributed by atoms with van der Waals surface area (Å²) in [6.45, 7) is 1.95. The molecule has 0 N–H and O–H groups in total. The third-order valence-electron chi connectivity index (χ3n) is 6.55. The van der Waals surface area contributed by atoms with E-state index < -0.39 is 0 Å². The molecule has 2 saturated heterocycles. The number of hydrogen-bond acceptors (Lipinski definition) is 3. The van der Waals surface area contributed by atoms with Crippen LogP contribution < -0.4 is 4.74 Å². The van der Waals surface area contributed by atoms with Gasteiger partial charge in [0.1, 0.15) is 11.6 Å². The fourth-order valence-electron chi connectivity index (χ4n) is 4.97. The lowest BCUT2D eigenvalue weighted by Gasteiger charge is -2.35. The molecule has 0 aliphatic carbocycles. The highest BCUT2D eigenvalue weighted by atomic mass is 19.1. The summed E-state index contributed by atoms with van der Waals surface area (Å²) >= 11 is 0. The van der Waals surface area contributed by atoms with Crippen LogP contribution in [0.25, 0.3) is 11.8 Å². The number of carbonyl (C=O) groups is 1. The summed E-state index contributed by atoms with van der Waals surface area (Å²) < 4.78 is 20.9. The van der Waals surface area contributed by atoms with Crippen molar-refractivity contribution in [3.05, 3.63) is 83.2 Å². The van der Waals surface area contributed by atoms with Gasteiger partial charge in [0.15, 0.2) is 0 Å². The van der Waals surface area contributed by atoms with Crippen molar-refractivity contribution in [3.63, 3.8) is 0 Å². The minimum atomic E-state index is -0.253. The molecule has 2 fully saturated rings. The Kier molecular flexibility index (Phi) is 5.29. The molecule has 164 valence electrons. The number of hydrogen-bond donors (Lipinski definition) is 0. The van der Waals surface area contributed by atoms with Crippen LogP contribution >= 0.6 is 0 Å². The zero-order chi connectivity index (χ0) is 22.2. The van der Waals surface area contributed by atoms with Crippen molar-refractivity contribution in [1.82, 2.24) is 14.5 Å². The van der Waals surface area contributed by atoms with Crippen LogP contribution in [-0.2, 0) is 4.79 Å². The molecule has 2 aromatic carbocycles. The van der Waals surface area contributed by atoms with E-state index in [-0.39, 0.29) is 23.8 Å². The SMILES string of the molecule is COc1cc(/C=C2\CC[C@H]3CC[C@H](c4ccc(F)cc4)N3C2=O)ccc1-n1cnc(C)c1. The standard InChI is InChI=1S/C26H26FN3O2/c1-17-15-29(16-28-17)24-11-3-18(14-25(24)32-2)13-20-6-9-22-10-12-23(30(22)26(20)31)19-4-7-21(27)8-5-19/h3-5,7-8,11,13-16,22-23H,6,9-10,12H2,1-2H3/b20-13+/t22-,23+/m0/s1. The summed E-state index contributed by atoms with van der Waals surface area (Å²) in [5.74, 6) is 0.557. The topological polar surface area (TPSA) is 47.4 Å². The van der Waals surface area contributed by atoms with Crippen molar-refractivity contribution in [2.45, 2.75) is 44.7 Å². The number of halogens is 1. The Morgan fingerprint density at radius 3 is 2.66 bits per heavy atom. The quantitative estimate of drug-likeness (QED) is 0.531. The molecular weight excluding hydrogens is 405 g/mol. The lowest BCUT2D eigenvalue weighted by molar-refractivity contribution is -0.131. The van der Waals surface area contributed by atoms with E-state index in [2.05, 4.69) is 4.98 Å². The van der Waals surface area contributed by atoms with Crippen molar-refractivity contribution in [3.8, 4) is 11.4 Å². The number of piperidine rings is 1. The molecule has 0 spiro atoms. The zero-order valence-electron chi connectivity index (χ0n) is 18.3. The molecule has 32 heavy (non-hydrogen) atoms. The first-order valence-electron chi connectivity index (χ1n) is 11.0. The number of carbonyl (C=O) groups excluding carboxylic acids is 1. The summed E-state index contributed by atoms with van der Waals surface area (Å²) in [5, 5.41) is 0. The van der Waals surface area contributed by atoms with Crippen molar-refractivity contribution >= 4 is 12.0 Å². The molecule has 0 saturated carbocycles. The Morgan fingerprint density at radius 2 is 1.94 bits per heavy atom. The number of methoxy groups -OCH3 is 1. The van der Waals surface area contributed by atoms with E-state index in [1.165, 1.54) is 12.1 Å². The summed E-state index contributed by atoms with van der Waals surface area (Å²) in [6, 6.07) is 12.8. The van der Waals surface area contributed by atoms with Crippen LogP contribution in [0.15, 0.2) is 60.6 Å². The number of fused-ring (bicyclic) bond motifs is 1. The van der Waals surface area contributed by atoms with E-state index in [1.54, 1.807) is 25.6 Å². The highest BCUT2D eigenvalue weighted by Gasteiger charge is 2.41. The number of nitrogens with zero attached hydrogens (tertiary/aromatic N) is 3. The molecule has 2 aliphatic heterocycles. The third-order valence-corrected chi connectivity index (χ3v) is 6.55. The Labute approximate surface area is 187 Å². The van der Waals surface area contributed by atoms with Gasteiger partial charge < -0.3 is 14.2 Å². The maximum atomic E-state index is 13.4. The smallest absolute Gasteiger partial charge is 0.250 e. The fourth-order valence-corrected chi connectivity index (χ4v) is 4.97. The van der Waals surface area contributed by atoms with Crippen molar-refractivity contribution in [2.75, 3.05) is 7.11 Å². The Morgan fingerprint density at radius 1 is 1.12 bits per heavy atom. The summed E-state index contributed by atoms with van der Waals surface area (Å²) in [5.41, 5.74) is 4.58. The van der Waals surface area contributed by atoms with Crippen LogP contribution in [0.5, 0.6) is 5.75 Å². The van der Waals surface area contributed by atoms with Gasteiger partial charge in [-0.2, -0.15) is 0 Å².